The molecule has 4 heteroatoms. The molecule has 3 aromatic rings. The van der Waals surface area contributed by atoms with E-state index in [0.29, 0.717) is 6.61 Å². The van der Waals surface area contributed by atoms with E-state index >= 15 is 0 Å². The molecule has 0 saturated carbocycles. The highest BCUT2D eigenvalue weighted by molar-refractivity contribution is 7.09. The third kappa shape index (κ3) is 6.49. The number of methoxy groups -OCH3 is 1. The lowest BCUT2D eigenvalue weighted by Gasteiger charge is -2.09. The van der Waals surface area contributed by atoms with Gasteiger partial charge in [-0.3, -0.25) is 0 Å². The van der Waals surface area contributed by atoms with Gasteiger partial charge in [0.15, 0.2) is 0 Å². The molecule has 0 radical (unpaired) electrons. The summed E-state index contributed by atoms with van der Waals surface area (Å²) in [7, 11) is 1.72. The SMILES string of the molecule is C=C/C=C\C(CCc1ccc2c(c1)c(/C=C/Cc1cccs1)c(/C=C\O)n2CCOC)=C(C)C. The van der Waals surface area contributed by atoms with E-state index in [1.54, 1.807) is 24.5 Å². The number of aliphatic hydroxyl groups is 1. The lowest BCUT2D eigenvalue weighted by molar-refractivity contribution is 0.188. The van der Waals surface area contributed by atoms with Crippen LogP contribution in [0.1, 0.15) is 42.0 Å². The fraction of sp³-hybridized carbons (Fsp3) is 0.267. The van der Waals surface area contributed by atoms with Crippen LogP contribution in [0.2, 0.25) is 0 Å². The molecule has 34 heavy (non-hydrogen) atoms. The fourth-order valence-electron chi connectivity index (χ4n) is 4.14. The van der Waals surface area contributed by atoms with Gasteiger partial charge >= 0.3 is 0 Å². The van der Waals surface area contributed by atoms with Crippen molar-refractivity contribution in [2.75, 3.05) is 13.7 Å². The molecule has 0 unspecified atom stereocenters. The van der Waals surface area contributed by atoms with Crippen LogP contribution in [0.5, 0.6) is 0 Å². The average molecular weight is 474 g/mol. The molecular weight excluding hydrogens is 438 g/mol. The fourth-order valence-corrected chi connectivity index (χ4v) is 4.82. The number of allylic oxidation sites excluding steroid dienone is 6. The number of aromatic nitrogens is 1. The van der Waals surface area contributed by atoms with Crippen LogP contribution in [0.4, 0.5) is 0 Å². The van der Waals surface area contributed by atoms with Crippen molar-refractivity contribution in [3.8, 4) is 0 Å². The number of aryl methyl sites for hydroxylation is 1. The van der Waals surface area contributed by atoms with E-state index in [0.717, 1.165) is 48.8 Å². The number of rotatable bonds is 12. The molecule has 3 nitrogen and oxygen atoms in total. The van der Waals surface area contributed by atoms with Crippen molar-refractivity contribution < 1.29 is 9.84 Å². The first-order valence-corrected chi connectivity index (χ1v) is 12.6. The number of benzene rings is 1. The van der Waals surface area contributed by atoms with Gasteiger partial charge in [0.05, 0.1) is 18.6 Å². The van der Waals surface area contributed by atoms with Crippen molar-refractivity contribution in [2.45, 2.75) is 39.7 Å². The van der Waals surface area contributed by atoms with Crippen LogP contribution in [0.25, 0.3) is 23.1 Å². The summed E-state index contributed by atoms with van der Waals surface area (Å²) in [4.78, 5) is 1.33. The monoisotopic (exact) mass is 473 g/mol. The minimum absolute atomic E-state index is 0.607. The summed E-state index contributed by atoms with van der Waals surface area (Å²) < 4.78 is 7.60. The normalized spacial score (nSPS) is 12.0. The highest BCUT2D eigenvalue weighted by Crippen LogP contribution is 2.31. The average Bonchev–Trinajstić information content (AvgIpc) is 3.44. The van der Waals surface area contributed by atoms with Gasteiger partial charge in [-0.2, -0.15) is 0 Å². The molecule has 0 spiro atoms. The standard InChI is InChI=1S/C30H35NO2S/c1-5-6-9-25(23(2)3)15-13-24-14-16-29-28(22-24)27(12-7-10-26-11-8-21-34-26)30(17-19-32)31(29)18-20-33-4/h5-9,11-12,14,16-17,19,21-22,32H,1,10,13,15,18,20H2,2-4H3/b9-6-,12-7+,19-17-. The van der Waals surface area contributed by atoms with Gasteiger partial charge in [-0.15, -0.1) is 11.3 Å². The number of ether oxygens (including phenoxy) is 1. The van der Waals surface area contributed by atoms with Crippen LogP contribution >= 0.6 is 11.3 Å². The maximum absolute atomic E-state index is 9.65. The first-order chi connectivity index (χ1) is 16.6. The second-order valence-electron chi connectivity index (χ2n) is 8.42. The Labute approximate surface area is 207 Å². The maximum Gasteiger partial charge on any atom is 0.0812 e. The van der Waals surface area contributed by atoms with Crippen LogP contribution in [0.15, 0.2) is 84.0 Å². The highest BCUT2D eigenvalue weighted by Gasteiger charge is 2.14. The lowest BCUT2D eigenvalue weighted by atomic mass is 9.99. The number of thiophene rings is 1. The zero-order valence-electron chi connectivity index (χ0n) is 20.5. The van der Waals surface area contributed by atoms with Gasteiger partial charge in [0.2, 0.25) is 0 Å². The quantitative estimate of drug-likeness (QED) is 0.213. The Kier molecular flexibility index (Phi) is 9.75. The number of hydrogen-bond donors (Lipinski definition) is 1. The van der Waals surface area contributed by atoms with Crippen molar-refractivity contribution in [1.29, 1.82) is 0 Å². The number of aliphatic hydroxyl groups excluding tert-OH is 1. The Morgan fingerprint density at radius 2 is 2.06 bits per heavy atom. The molecular formula is C30H35NO2S. The zero-order valence-corrected chi connectivity index (χ0v) is 21.3. The summed E-state index contributed by atoms with van der Waals surface area (Å²) in [5.74, 6) is 0. The van der Waals surface area contributed by atoms with Gasteiger partial charge < -0.3 is 14.4 Å². The summed E-state index contributed by atoms with van der Waals surface area (Å²) >= 11 is 1.77. The predicted octanol–water partition coefficient (Wildman–Crippen LogP) is 8.15. The Hall–Kier alpha value is -3.08. The molecule has 1 aromatic carbocycles. The van der Waals surface area contributed by atoms with Crippen molar-refractivity contribution in [3.63, 3.8) is 0 Å². The zero-order chi connectivity index (χ0) is 24.3. The molecule has 0 amide bonds. The predicted molar refractivity (Wildman–Crippen MR) is 149 cm³/mol. The van der Waals surface area contributed by atoms with E-state index in [-0.39, 0.29) is 0 Å². The van der Waals surface area contributed by atoms with E-state index in [1.807, 2.05) is 12.2 Å². The molecule has 3 rings (SSSR count). The molecule has 0 fully saturated rings. The smallest absolute Gasteiger partial charge is 0.0812 e. The largest absolute Gasteiger partial charge is 0.516 e. The summed E-state index contributed by atoms with van der Waals surface area (Å²) in [6.45, 7) is 9.44. The molecule has 2 heterocycles. The molecule has 178 valence electrons. The van der Waals surface area contributed by atoms with Crippen LogP contribution in [-0.4, -0.2) is 23.4 Å². The first-order valence-electron chi connectivity index (χ1n) is 11.7. The van der Waals surface area contributed by atoms with E-state index < -0.39 is 0 Å². The van der Waals surface area contributed by atoms with Crippen LogP contribution in [0, 0.1) is 0 Å². The van der Waals surface area contributed by atoms with Crippen molar-refractivity contribution in [2.24, 2.45) is 0 Å². The summed E-state index contributed by atoms with van der Waals surface area (Å²) in [5.41, 5.74) is 7.25. The van der Waals surface area contributed by atoms with Gasteiger partial charge in [-0.1, -0.05) is 54.7 Å². The van der Waals surface area contributed by atoms with Gasteiger partial charge in [-0.25, -0.2) is 0 Å². The maximum atomic E-state index is 9.65. The molecule has 0 aliphatic heterocycles. The van der Waals surface area contributed by atoms with Gasteiger partial charge in [0.1, 0.15) is 0 Å². The van der Waals surface area contributed by atoms with Gasteiger partial charge in [0, 0.05) is 41.4 Å². The Balaban J connectivity index is 2.01. The Bertz CT molecular complexity index is 1200. The van der Waals surface area contributed by atoms with E-state index in [2.05, 4.69) is 78.9 Å². The summed E-state index contributed by atoms with van der Waals surface area (Å²) in [6.07, 6.45) is 16.1. The number of hydrogen-bond acceptors (Lipinski definition) is 3. The number of fused-ring (bicyclic) bond motifs is 1. The Morgan fingerprint density at radius 3 is 2.74 bits per heavy atom. The van der Waals surface area contributed by atoms with Gasteiger partial charge in [-0.05, 0) is 67.5 Å². The third-order valence-electron chi connectivity index (χ3n) is 5.90. The third-order valence-corrected chi connectivity index (χ3v) is 6.80. The summed E-state index contributed by atoms with van der Waals surface area (Å²) in [6, 6.07) is 11.0. The first kappa shape index (κ1) is 25.5. The molecule has 0 aliphatic carbocycles. The van der Waals surface area contributed by atoms with E-state index in [4.69, 9.17) is 4.74 Å². The van der Waals surface area contributed by atoms with Crippen molar-refractivity contribution >= 4 is 34.4 Å². The van der Waals surface area contributed by atoms with E-state index in [9.17, 15) is 5.11 Å². The Morgan fingerprint density at radius 1 is 1.21 bits per heavy atom. The van der Waals surface area contributed by atoms with E-state index in [1.165, 1.54) is 27.0 Å². The molecule has 0 aliphatic rings. The minimum Gasteiger partial charge on any atom is -0.516 e. The highest BCUT2D eigenvalue weighted by atomic mass is 32.1. The minimum atomic E-state index is 0.607. The number of nitrogens with zero attached hydrogens (tertiary/aromatic N) is 1. The second-order valence-corrected chi connectivity index (χ2v) is 9.45. The molecule has 1 N–H and O–H groups in total. The van der Waals surface area contributed by atoms with Crippen LogP contribution in [0.3, 0.4) is 0 Å². The molecule has 2 aromatic heterocycles. The van der Waals surface area contributed by atoms with Crippen LogP contribution < -0.4 is 0 Å². The lowest BCUT2D eigenvalue weighted by Crippen LogP contribution is -2.06. The van der Waals surface area contributed by atoms with Crippen molar-refractivity contribution in [1.82, 2.24) is 4.57 Å². The summed E-state index contributed by atoms with van der Waals surface area (Å²) in [5, 5.41) is 13.0. The van der Waals surface area contributed by atoms with Crippen LogP contribution in [-0.2, 0) is 24.1 Å². The molecule has 0 atom stereocenters. The topological polar surface area (TPSA) is 34.4 Å². The molecule has 0 saturated heterocycles. The van der Waals surface area contributed by atoms with Crippen molar-refractivity contribution in [3.05, 3.63) is 106 Å². The second kappa shape index (κ2) is 13.0. The molecule has 0 bridgehead atoms. The van der Waals surface area contributed by atoms with Gasteiger partial charge in [0.25, 0.3) is 0 Å².